The lowest BCUT2D eigenvalue weighted by molar-refractivity contribution is 0.140. The predicted molar refractivity (Wildman–Crippen MR) is 109 cm³/mol. The molecule has 0 aromatic carbocycles. The van der Waals surface area contributed by atoms with Crippen molar-refractivity contribution in [2.24, 2.45) is 17.8 Å². The minimum Gasteiger partial charge on any atom is -0.507 e. The van der Waals surface area contributed by atoms with Crippen LogP contribution in [0.5, 0.6) is 0 Å². The number of nitrogens with zero attached hydrogens (tertiary/aromatic N) is 1. The molecule has 2 N–H and O–H groups in total. The normalized spacial score (nSPS) is 25.8. The van der Waals surface area contributed by atoms with Gasteiger partial charge >= 0.3 is 0 Å². The molecule has 0 radical (unpaired) electrons. The third-order valence-electron chi connectivity index (χ3n) is 5.38. The lowest BCUT2D eigenvalue weighted by Crippen LogP contribution is -2.18. The Labute approximate surface area is 159 Å². The van der Waals surface area contributed by atoms with Crippen LogP contribution in [0.3, 0.4) is 0 Å². The summed E-state index contributed by atoms with van der Waals surface area (Å²) in [5.41, 5.74) is 1.08. The topological polar surface area (TPSA) is 53.4 Å². The number of hydrogen-bond acceptors (Lipinski definition) is 4. The second-order valence-electron chi connectivity index (χ2n) is 7.27. The number of thiophene rings is 1. The molecule has 4 heteroatoms. The first-order valence-corrected chi connectivity index (χ1v) is 10.1. The van der Waals surface area contributed by atoms with Crippen LogP contribution in [0.15, 0.2) is 49.3 Å². The molecule has 26 heavy (non-hydrogen) atoms. The summed E-state index contributed by atoms with van der Waals surface area (Å²) in [5, 5.41) is 19.9. The zero-order valence-corrected chi connectivity index (χ0v) is 16.0. The summed E-state index contributed by atoms with van der Waals surface area (Å²) in [6.07, 6.45) is 11.7. The Morgan fingerprint density at radius 2 is 2.23 bits per heavy atom. The molecular weight excluding hydrogens is 342 g/mol. The van der Waals surface area contributed by atoms with Gasteiger partial charge in [-0.2, -0.15) is 0 Å². The molecule has 3 nitrogen and oxygen atoms in total. The van der Waals surface area contributed by atoms with E-state index in [-0.39, 0.29) is 17.8 Å². The second kappa shape index (κ2) is 8.65. The van der Waals surface area contributed by atoms with Crippen LogP contribution >= 0.6 is 11.3 Å². The summed E-state index contributed by atoms with van der Waals surface area (Å²) in [4.78, 5) is 6.27. The largest absolute Gasteiger partial charge is 0.507 e. The van der Waals surface area contributed by atoms with Gasteiger partial charge in [0.15, 0.2) is 0 Å². The molecule has 2 heterocycles. The number of pyridine rings is 1. The lowest BCUT2D eigenvalue weighted by Gasteiger charge is -2.21. The van der Waals surface area contributed by atoms with Gasteiger partial charge in [-0.25, -0.2) is 0 Å². The number of rotatable bonds is 7. The quantitative estimate of drug-likeness (QED) is 0.648. The molecule has 0 bridgehead atoms. The molecule has 0 aliphatic heterocycles. The molecule has 1 unspecified atom stereocenters. The monoisotopic (exact) mass is 369 g/mol. The molecule has 3 rings (SSSR count). The average Bonchev–Trinajstić information content (AvgIpc) is 3.19. The molecule has 1 aliphatic carbocycles. The van der Waals surface area contributed by atoms with Crippen molar-refractivity contribution in [2.75, 3.05) is 0 Å². The summed E-state index contributed by atoms with van der Waals surface area (Å²) < 4.78 is 0. The highest BCUT2D eigenvalue weighted by atomic mass is 32.1. The highest BCUT2D eigenvalue weighted by Crippen LogP contribution is 2.41. The van der Waals surface area contributed by atoms with Crippen molar-refractivity contribution in [3.63, 3.8) is 0 Å². The van der Waals surface area contributed by atoms with Crippen molar-refractivity contribution in [3.05, 3.63) is 64.6 Å². The van der Waals surface area contributed by atoms with E-state index in [0.29, 0.717) is 11.8 Å². The van der Waals surface area contributed by atoms with E-state index in [4.69, 9.17) is 0 Å². The van der Waals surface area contributed by atoms with Crippen molar-refractivity contribution in [1.29, 1.82) is 0 Å². The van der Waals surface area contributed by atoms with Gasteiger partial charge in [-0.1, -0.05) is 31.7 Å². The fraction of sp³-hybridized carbons (Fsp3) is 0.409. The Balaban J connectivity index is 1.59. The van der Waals surface area contributed by atoms with Crippen LogP contribution in [0, 0.1) is 17.8 Å². The van der Waals surface area contributed by atoms with E-state index in [2.05, 4.69) is 36.7 Å². The maximum Gasteiger partial charge on any atom is 0.125 e. The number of aliphatic hydroxyl groups is 2. The van der Waals surface area contributed by atoms with Crippen LogP contribution in [-0.2, 0) is 6.42 Å². The summed E-state index contributed by atoms with van der Waals surface area (Å²) in [5.74, 6) is 1.39. The van der Waals surface area contributed by atoms with Gasteiger partial charge in [0.2, 0.25) is 0 Å². The summed E-state index contributed by atoms with van der Waals surface area (Å²) in [6.45, 7) is 5.84. The van der Waals surface area contributed by atoms with Crippen LogP contribution in [0.1, 0.15) is 41.5 Å². The van der Waals surface area contributed by atoms with E-state index in [9.17, 15) is 10.2 Å². The molecule has 4 atom stereocenters. The van der Waals surface area contributed by atoms with Gasteiger partial charge in [0.1, 0.15) is 5.76 Å². The van der Waals surface area contributed by atoms with Crippen molar-refractivity contribution in [3.8, 4) is 0 Å². The van der Waals surface area contributed by atoms with Crippen molar-refractivity contribution in [1.82, 2.24) is 4.98 Å². The molecular formula is C22H27NO2S. The summed E-state index contributed by atoms with van der Waals surface area (Å²) >= 11 is 1.61. The standard InChI is InChI=1S/C22H27NO2S/c1-15-13-21(25)20(10-8-17-5-4-12-23-14-17)19(15)7-3-6-18-9-11-22(26-18)16(2)24/h4-5,8-12,14-15,19-21,24-25H,2-3,6-7,13H2,1H3/b10-8+/t15?,19-,20+,21+/m0/s1. The van der Waals surface area contributed by atoms with Crippen molar-refractivity contribution >= 4 is 23.2 Å². The first kappa shape index (κ1) is 18.9. The average molecular weight is 370 g/mol. The highest BCUT2D eigenvalue weighted by Gasteiger charge is 2.38. The fourth-order valence-corrected chi connectivity index (χ4v) is 4.92. The summed E-state index contributed by atoms with van der Waals surface area (Å²) in [7, 11) is 0. The first-order chi connectivity index (χ1) is 12.5. The van der Waals surface area contributed by atoms with Gasteiger partial charge in [0.25, 0.3) is 0 Å². The van der Waals surface area contributed by atoms with Crippen LogP contribution < -0.4 is 0 Å². The molecule has 1 aliphatic rings. The minimum absolute atomic E-state index is 0.148. The second-order valence-corrected chi connectivity index (χ2v) is 8.44. The molecule has 0 saturated heterocycles. The number of aliphatic hydroxyl groups excluding tert-OH is 2. The van der Waals surface area contributed by atoms with Crippen molar-refractivity contribution in [2.45, 2.75) is 38.7 Å². The van der Waals surface area contributed by atoms with Gasteiger partial charge in [-0.05, 0) is 61.3 Å². The molecule has 2 aromatic heterocycles. The van der Waals surface area contributed by atoms with E-state index >= 15 is 0 Å². The number of aryl methyl sites for hydroxylation is 1. The molecule has 2 aromatic rings. The van der Waals surface area contributed by atoms with Crippen LogP contribution in [-0.4, -0.2) is 21.3 Å². The Hall–Kier alpha value is -1.91. The Morgan fingerprint density at radius 3 is 2.92 bits per heavy atom. The van der Waals surface area contributed by atoms with E-state index in [1.807, 2.05) is 24.4 Å². The molecule has 0 amide bonds. The predicted octanol–water partition coefficient (Wildman–Crippen LogP) is 5.34. The Morgan fingerprint density at radius 1 is 1.38 bits per heavy atom. The van der Waals surface area contributed by atoms with Gasteiger partial charge in [-0.15, -0.1) is 11.3 Å². The van der Waals surface area contributed by atoms with Gasteiger partial charge in [0.05, 0.1) is 11.0 Å². The van der Waals surface area contributed by atoms with Gasteiger partial charge in [0, 0.05) is 23.2 Å². The molecule has 1 fully saturated rings. The van der Waals surface area contributed by atoms with E-state index in [1.54, 1.807) is 17.5 Å². The molecule has 0 spiro atoms. The van der Waals surface area contributed by atoms with Crippen LogP contribution in [0.4, 0.5) is 0 Å². The van der Waals surface area contributed by atoms with Crippen LogP contribution in [0.2, 0.25) is 0 Å². The third kappa shape index (κ3) is 4.63. The zero-order chi connectivity index (χ0) is 18.5. The molecule has 138 valence electrons. The summed E-state index contributed by atoms with van der Waals surface area (Å²) in [6, 6.07) is 7.98. The third-order valence-corrected chi connectivity index (χ3v) is 6.58. The van der Waals surface area contributed by atoms with E-state index in [1.165, 1.54) is 4.88 Å². The maximum absolute atomic E-state index is 10.5. The maximum atomic E-state index is 10.5. The zero-order valence-electron chi connectivity index (χ0n) is 15.2. The minimum atomic E-state index is -0.256. The van der Waals surface area contributed by atoms with E-state index in [0.717, 1.165) is 36.1 Å². The van der Waals surface area contributed by atoms with E-state index < -0.39 is 0 Å². The number of hydrogen-bond donors (Lipinski definition) is 2. The number of aromatic nitrogens is 1. The first-order valence-electron chi connectivity index (χ1n) is 9.28. The molecule has 1 saturated carbocycles. The lowest BCUT2D eigenvalue weighted by atomic mass is 9.85. The highest BCUT2D eigenvalue weighted by molar-refractivity contribution is 7.13. The van der Waals surface area contributed by atoms with Crippen molar-refractivity contribution < 1.29 is 10.2 Å². The Bertz CT molecular complexity index is 753. The van der Waals surface area contributed by atoms with Gasteiger partial charge in [-0.3, -0.25) is 4.98 Å². The smallest absolute Gasteiger partial charge is 0.125 e. The Kier molecular flexibility index (Phi) is 6.28. The fourth-order valence-electron chi connectivity index (χ4n) is 4.00. The van der Waals surface area contributed by atoms with Gasteiger partial charge < -0.3 is 10.2 Å². The van der Waals surface area contributed by atoms with Crippen LogP contribution in [0.25, 0.3) is 11.8 Å². The SMILES string of the molecule is C=C(O)c1ccc(CCC[C@H]2C(C)C[C@@H](O)[C@@H]2/C=C/c2cccnc2)s1.